The summed E-state index contributed by atoms with van der Waals surface area (Å²) in [7, 11) is 0. The van der Waals surface area contributed by atoms with Crippen LogP contribution in [0.15, 0.2) is 529 Å². The predicted molar refractivity (Wildman–Crippen MR) is 620 cm³/mol. The summed E-state index contributed by atoms with van der Waals surface area (Å²) in [5, 5.41) is 20.5. The van der Waals surface area contributed by atoms with E-state index in [4.69, 9.17) is 43.2 Å². The number of para-hydroxylation sites is 8. The molecular weight excluding hydrogens is 1840 g/mol. The third kappa shape index (κ3) is 15.6. The minimum atomic E-state index is 0.671. The van der Waals surface area contributed by atoms with Crippen molar-refractivity contribution < 1.29 is 13.3 Å². The minimum Gasteiger partial charge on any atom is -0.455 e. The summed E-state index contributed by atoms with van der Waals surface area (Å²) in [6.07, 6.45) is 0. The summed E-state index contributed by atoms with van der Waals surface area (Å²) in [6.45, 7) is 0. The molecule has 30 rings (SSSR count). The molecule has 0 aliphatic heterocycles. The lowest BCUT2D eigenvalue weighted by atomic mass is 9.98. The lowest BCUT2D eigenvalue weighted by Crippen LogP contribution is -2.09. The Hall–Kier alpha value is -19.9. The first-order valence-electron chi connectivity index (χ1n) is 50.0. The highest BCUT2D eigenvalue weighted by Gasteiger charge is 2.29. The van der Waals surface area contributed by atoms with Gasteiger partial charge in [0.25, 0.3) is 0 Å². The van der Waals surface area contributed by atoms with Crippen molar-refractivity contribution in [3.8, 4) is 67.9 Å². The largest absolute Gasteiger partial charge is 0.455 e. The van der Waals surface area contributed by atoms with Crippen LogP contribution in [0, 0.1) is 0 Å². The third-order valence-corrected chi connectivity index (χ3v) is 29.6. The van der Waals surface area contributed by atoms with Gasteiger partial charge in [0.2, 0.25) is 0 Å². The van der Waals surface area contributed by atoms with Crippen LogP contribution in [0.3, 0.4) is 0 Å². The molecule has 0 fully saturated rings. The van der Waals surface area contributed by atoms with Gasteiger partial charge in [-0.05, 0) is 195 Å². The van der Waals surface area contributed by atoms with Gasteiger partial charge in [-0.1, -0.05) is 340 Å². The molecule has 0 radical (unpaired) electrons. The summed E-state index contributed by atoms with van der Waals surface area (Å²) in [6, 6.07) is 180. The first-order chi connectivity index (χ1) is 73.9. The molecule has 0 N–H and O–H groups in total. The Kier molecular flexibility index (Phi) is 21.5. The van der Waals surface area contributed by atoms with Crippen LogP contribution in [-0.4, -0.2) is 29.9 Å². The van der Waals surface area contributed by atoms with Crippen molar-refractivity contribution in [2.45, 2.75) is 0 Å². The maximum Gasteiger partial charge on any atom is 0.161 e. The molecule has 0 saturated heterocycles. The fourth-order valence-electron chi connectivity index (χ4n) is 21.6. The molecule has 7 heterocycles. The number of rotatable bonds is 15. The molecule has 0 spiro atoms. The molecule has 0 amide bonds. The minimum absolute atomic E-state index is 0.671. The van der Waals surface area contributed by atoms with E-state index in [9.17, 15) is 0 Å². The zero-order valence-corrected chi connectivity index (χ0v) is 81.0. The Morgan fingerprint density at radius 2 is 0.470 bits per heavy atom. The van der Waals surface area contributed by atoms with Crippen LogP contribution in [0.4, 0.5) is 51.2 Å². The molecule has 0 atom stereocenters. The monoisotopic (exact) mass is 1920 g/mol. The number of benzene rings is 23. The van der Waals surface area contributed by atoms with E-state index in [2.05, 4.69) is 470 Å². The zero-order valence-electron chi connectivity index (χ0n) is 80.2. The van der Waals surface area contributed by atoms with E-state index in [0.717, 1.165) is 237 Å². The topological polar surface area (TPSA) is 126 Å². The van der Waals surface area contributed by atoms with Gasteiger partial charge in [-0.3, -0.25) is 0 Å². The van der Waals surface area contributed by atoms with Gasteiger partial charge in [-0.15, -0.1) is 11.3 Å². The highest BCUT2D eigenvalue weighted by atomic mass is 32.1. The predicted octanol–water partition coefficient (Wildman–Crippen LogP) is 38.0. The van der Waals surface area contributed by atoms with Gasteiger partial charge in [0, 0.05) is 172 Å². The van der Waals surface area contributed by atoms with Crippen LogP contribution in [-0.2, 0) is 0 Å². The van der Waals surface area contributed by atoms with Crippen molar-refractivity contribution in [2.24, 2.45) is 0 Å². The standard InChI is InChI=1S/C48H29N3OS.C46H29N3O.C42H27N3O/c1-3-16-34(17-4-1)51(35-18-5-2-6-19-35)36-25-26-38-41(29-36)52-46-37-20-10-9-15-32(37)28-40(43(38)46)48-49-44(33-24-23-30-13-7-8-14-31(30)27-33)47-45(50-48)39-21-11-12-22-42(39)53-47;1-3-16-34(17-4-1)49(35-18-5-2-6-19-35)36-25-26-39-42(29-36)50-45-37-20-10-9-15-32(37)28-40(43(39)45)46-47-41-22-12-11-21-38(41)44(48-46)33-24-23-30-13-7-8-14-31(30)27-33;1-4-14-28(15-5-1)40-34-22-12-13-23-37(34)43-42(44-40)36-26-29-16-10-11-21-33(29)41-39(36)35-25-24-32(27-38(35)46-41)45(30-17-6-2-7-18-30)31-19-8-3-9-20-31/h1-29H;1-29H;1-27H. The quantitative estimate of drug-likeness (QED) is 0.0970. The molecule has 0 bridgehead atoms. The summed E-state index contributed by atoms with van der Waals surface area (Å²) in [5.74, 6) is 2.03. The second-order valence-electron chi connectivity index (χ2n) is 37.4. The smallest absolute Gasteiger partial charge is 0.161 e. The van der Waals surface area contributed by atoms with Crippen molar-refractivity contribution in [1.82, 2.24) is 29.9 Å². The van der Waals surface area contributed by atoms with Gasteiger partial charge in [0.15, 0.2) is 17.5 Å². The number of nitrogens with zero attached hydrogens (tertiary/aromatic N) is 9. The number of fused-ring (bicyclic) bond motifs is 22. The van der Waals surface area contributed by atoms with Crippen LogP contribution < -0.4 is 14.7 Å². The van der Waals surface area contributed by atoms with Crippen molar-refractivity contribution in [3.63, 3.8) is 0 Å². The summed E-state index contributed by atoms with van der Waals surface area (Å²) < 4.78 is 22.9. The second kappa shape index (κ2) is 36.8. The van der Waals surface area contributed by atoms with Gasteiger partial charge >= 0.3 is 0 Å². The molecule has 0 aliphatic rings. The lowest BCUT2D eigenvalue weighted by Gasteiger charge is -2.25. The van der Waals surface area contributed by atoms with E-state index < -0.39 is 0 Å². The fourth-order valence-corrected chi connectivity index (χ4v) is 22.7. The van der Waals surface area contributed by atoms with Gasteiger partial charge in [0.05, 0.1) is 38.3 Å². The molecule has 698 valence electrons. The molecule has 12 nitrogen and oxygen atoms in total. The summed E-state index contributed by atoms with van der Waals surface area (Å²) >= 11 is 1.76. The first-order valence-corrected chi connectivity index (χ1v) is 50.8. The Balaban J connectivity index is 0.000000108. The molecule has 13 heteroatoms. The Morgan fingerprint density at radius 1 is 0.181 bits per heavy atom. The van der Waals surface area contributed by atoms with E-state index in [1.165, 1.54) is 26.2 Å². The van der Waals surface area contributed by atoms with Gasteiger partial charge in [-0.25, -0.2) is 29.9 Å². The molecule has 0 saturated carbocycles. The second-order valence-corrected chi connectivity index (χ2v) is 38.5. The average Bonchev–Trinajstić information content (AvgIpc) is 1.59. The van der Waals surface area contributed by atoms with E-state index in [-0.39, 0.29) is 0 Å². The zero-order chi connectivity index (χ0) is 98.4. The summed E-state index contributed by atoms with van der Waals surface area (Å²) in [5.41, 5.74) is 26.0. The Labute approximate surface area is 859 Å². The number of furan rings is 3. The highest BCUT2D eigenvalue weighted by Crippen LogP contribution is 2.51. The maximum atomic E-state index is 6.92. The van der Waals surface area contributed by atoms with Crippen LogP contribution >= 0.6 is 11.3 Å². The number of hydrogen-bond acceptors (Lipinski definition) is 13. The normalized spacial score (nSPS) is 11.6. The maximum absolute atomic E-state index is 6.92. The Morgan fingerprint density at radius 3 is 0.846 bits per heavy atom. The molecule has 149 heavy (non-hydrogen) atoms. The van der Waals surface area contributed by atoms with E-state index in [1.807, 2.05) is 60.7 Å². The SMILES string of the molecule is c1ccc(-c2nc(-c3cc4ccccc4c4oc5cc(N(c6ccccc6)c6ccccc6)ccc5c34)nc3ccccc23)cc1.c1ccc(N(c2ccccc2)c2ccc3c(c2)oc2c4ccccc4cc(-c4nc(-c5ccc6ccccc6c5)c5ccccc5n4)c32)cc1.c1ccc(N(c2ccccc2)c2ccc3c(c2)oc2c4ccccc4cc(-c4nc(-c5ccc6ccccc6c5)c5sc6ccccc6c5n4)c32)cc1. The molecular formula is C136H85N9O3S. The van der Waals surface area contributed by atoms with Gasteiger partial charge in [-0.2, -0.15) is 0 Å². The van der Waals surface area contributed by atoms with Crippen molar-refractivity contribution in [1.29, 1.82) is 0 Å². The van der Waals surface area contributed by atoms with Crippen molar-refractivity contribution in [3.05, 3.63) is 516 Å². The third-order valence-electron chi connectivity index (χ3n) is 28.4. The van der Waals surface area contributed by atoms with Crippen LogP contribution in [0.5, 0.6) is 0 Å². The van der Waals surface area contributed by atoms with E-state index in [1.54, 1.807) is 11.3 Å². The molecule has 23 aromatic carbocycles. The van der Waals surface area contributed by atoms with Crippen LogP contribution in [0.25, 0.3) is 230 Å². The number of hydrogen-bond donors (Lipinski definition) is 0. The van der Waals surface area contributed by atoms with E-state index >= 15 is 0 Å². The number of anilines is 9. The lowest BCUT2D eigenvalue weighted by molar-refractivity contribution is 0.672. The van der Waals surface area contributed by atoms with E-state index in [0.29, 0.717) is 17.5 Å². The molecule has 7 aromatic heterocycles. The molecule has 30 aromatic rings. The van der Waals surface area contributed by atoms with Crippen LogP contribution in [0.1, 0.15) is 0 Å². The first kappa shape index (κ1) is 87.0. The van der Waals surface area contributed by atoms with Gasteiger partial charge in [0.1, 0.15) is 33.5 Å². The Bertz CT molecular complexity index is 10400. The van der Waals surface area contributed by atoms with Crippen molar-refractivity contribution >= 4 is 224 Å². The number of aromatic nitrogens is 6. The highest BCUT2D eigenvalue weighted by molar-refractivity contribution is 7.26. The summed E-state index contributed by atoms with van der Waals surface area (Å²) in [4.78, 5) is 38.6. The van der Waals surface area contributed by atoms with Crippen LogP contribution in [0.2, 0.25) is 0 Å². The number of thiophene rings is 1. The molecule has 0 aliphatic carbocycles. The average molecular weight is 1930 g/mol. The van der Waals surface area contributed by atoms with Crippen molar-refractivity contribution in [2.75, 3.05) is 14.7 Å². The molecule has 0 unspecified atom stereocenters. The van der Waals surface area contributed by atoms with Gasteiger partial charge < -0.3 is 28.0 Å². The fraction of sp³-hybridized carbons (Fsp3) is 0.